The number of rotatable bonds is 5. The van der Waals surface area contributed by atoms with Crippen LogP contribution in [0.4, 0.5) is 5.69 Å². The topological polar surface area (TPSA) is 47.3 Å². The molecule has 0 heterocycles. The Morgan fingerprint density at radius 3 is 2.67 bits per heavy atom. The lowest BCUT2D eigenvalue weighted by molar-refractivity contribution is 0.415. The molecule has 0 saturated carbocycles. The molecule has 0 fully saturated rings. The molecule has 0 unspecified atom stereocenters. The Balaban J connectivity index is 2.54. The Kier molecular flexibility index (Phi) is 4.43. The van der Waals surface area contributed by atoms with Crippen molar-refractivity contribution in [2.75, 3.05) is 19.4 Å². The number of benzene rings is 1. The van der Waals surface area contributed by atoms with Gasteiger partial charge in [0.25, 0.3) is 0 Å². The molecule has 0 bridgehead atoms. The smallest absolute Gasteiger partial charge is 0.120 e. The Hall–Kier alpha value is -1.22. The van der Waals surface area contributed by atoms with Crippen molar-refractivity contribution in [3.63, 3.8) is 0 Å². The van der Waals surface area contributed by atoms with Crippen LogP contribution in [0.15, 0.2) is 18.2 Å². The predicted molar refractivity (Wildman–Crippen MR) is 64.0 cm³/mol. The van der Waals surface area contributed by atoms with Crippen molar-refractivity contribution >= 4 is 5.69 Å². The Morgan fingerprint density at radius 1 is 1.40 bits per heavy atom. The van der Waals surface area contributed by atoms with E-state index >= 15 is 0 Å². The highest BCUT2D eigenvalue weighted by atomic mass is 16.5. The quantitative estimate of drug-likeness (QED) is 0.728. The molecule has 1 rings (SSSR count). The van der Waals surface area contributed by atoms with E-state index in [9.17, 15) is 0 Å². The van der Waals surface area contributed by atoms with Gasteiger partial charge in [-0.05, 0) is 24.1 Å². The molecule has 0 amide bonds. The highest BCUT2D eigenvalue weighted by Gasteiger charge is 2.01. The molecule has 3 nitrogen and oxygen atoms in total. The molecule has 15 heavy (non-hydrogen) atoms. The van der Waals surface area contributed by atoms with Crippen LogP contribution in [0.3, 0.4) is 0 Å². The lowest BCUT2D eigenvalue weighted by Crippen LogP contribution is -2.19. The predicted octanol–water partition coefficient (Wildman–Crippen LogP) is 2.02. The summed E-state index contributed by atoms with van der Waals surface area (Å²) in [5, 5.41) is 3.36. The van der Waals surface area contributed by atoms with Gasteiger partial charge in [0.05, 0.1) is 7.11 Å². The van der Waals surface area contributed by atoms with Crippen LogP contribution in [0.1, 0.15) is 19.4 Å². The Morgan fingerprint density at radius 2 is 2.13 bits per heavy atom. The number of anilines is 1. The lowest BCUT2D eigenvalue weighted by atomic mass is 10.1. The fourth-order valence-electron chi connectivity index (χ4n) is 1.36. The maximum atomic E-state index is 5.89. The van der Waals surface area contributed by atoms with Crippen molar-refractivity contribution in [2.45, 2.75) is 20.4 Å². The number of ether oxygens (including phenoxy) is 1. The van der Waals surface area contributed by atoms with Crippen molar-refractivity contribution in [1.82, 2.24) is 5.32 Å². The number of hydrogen-bond acceptors (Lipinski definition) is 3. The van der Waals surface area contributed by atoms with Gasteiger partial charge in [-0.15, -0.1) is 0 Å². The van der Waals surface area contributed by atoms with E-state index in [0.717, 1.165) is 30.1 Å². The van der Waals surface area contributed by atoms with E-state index in [0.29, 0.717) is 5.92 Å². The number of nitrogen functional groups attached to an aromatic ring is 1. The second kappa shape index (κ2) is 5.61. The fourth-order valence-corrected chi connectivity index (χ4v) is 1.36. The molecule has 0 spiro atoms. The monoisotopic (exact) mass is 208 g/mol. The first-order chi connectivity index (χ1) is 7.13. The molecule has 84 valence electrons. The molecule has 0 aliphatic rings. The summed E-state index contributed by atoms with van der Waals surface area (Å²) in [5.74, 6) is 1.46. The summed E-state index contributed by atoms with van der Waals surface area (Å²) in [6.45, 7) is 6.19. The van der Waals surface area contributed by atoms with Crippen LogP contribution in [0.2, 0.25) is 0 Å². The largest absolute Gasteiger partial charge is 0.497 e. The average Bonchev–Trinajstić information content (AvgIpc) is 2.20. The molecule has 1 aromatic rings. The van der Waals surface area contributed by atoms with Crippen molar-refractivity contribution in [1.29, 1.82) is 0 Å². The van der Waals surface area contributed by atoms with Gasteiger partial charge in [-0.2, -0.15) is 0 Å². The van der Waals surface area contributed by atoms with E-state index in [1.54, 1.807) is 7.11 Å². The molecule has 3 heteroatoms. The van der Waals surface area contributed by atoms with E-state index in [1.165, 1.54) is 0 Å². The number of nitrogens with two attached hydrogens (primary N) is 1. The van der Waals surface area contributed by atoms with E-state index < -0.39 is 0 Å². The Labute approximate surface area is 91.6 Å². The van der Waals surface area contributed by atoms with Gasteiger partial charge in [0.2, 0.25) is 0 Å². The van der Waals surface area contributed by atoms with Gasteiger partial charge in [-0.25, -0.2) is 0 Å². The van der Waals surface area contributed by atoms with E-state index in [2.05, 4.69) is 19.2 Å². The lowest BCUT2D eigenvalue weighted by Gasteiger charge is -2.10. The fraction of sp³-hybridized carbons (Fsp3) is 0.500. The van der Waals surface area contributed by atoms with Gasteiger partial charge in [0.1, 0.15) is 5.75 Å². The third-order valence-corrected chi connectivity index (χ3v) is 2.22. The van der Waals surface area contributed by atoms with Crippen LogP contribution in [-0.4, -0.2) is 13.7 Å². The highest BCUT2D eigenvalue weighted by molar-refractivity contribution is 5.51. The minimum absolute atomic E-state index is 0.657. The minimum Gasteiger partial charge on any atom is -0.497 e. The first kappa shape index (κ1) is 11.9. The van der Waals surface area contributed by atoms with E-state index in [-0.39, 0.29) is 0 Å². The standard InChI is InChI=1S/C12H20N2O/c1-9(2)7-14-8-10-4-5-11(15-3)6-12(10)13/h4-6,9,14H,7-8,13H2,1-3H3. The second-order valence-corrected chi connectivity index (χ2v) is 4.09. The summed E-state index contributed by atoms with van der Waals surface area (Å²) in [5.41, 5.74) is 7.80. The molecule has 0 aliphatic heterocycles. The van der Waals surface area contributed by atoms with Crippen LogP contribution in [0, 0.1) is 5.92 Å². The van der Waals surface area contributed by atoms with E-state index in [1.807, 2.05) is 18.2 Å². The zero-order valence-corrected chi connectivity index (χ0v) is 9.71. The van der Waals surface area contributed by atoms with E-state index in [4.69, 9.17) is 10.5 Å². The maximum absolute atomic E-state index is 5.89. The second-order valence-electron chi connectivity index (χ2n) is 4.09. The number of nitrogens with one attached hydrogen (secondary N) is 1. The molecule has 0 aliphatic carbocycles. The minimum atomic E-state index is 0.657. The zero-order chi connectivity index (χ0) is 11.3. The molecule has 0 saturated heterocycles. The molecular formula is C12H20N2O. The molecule has 0 atom stereocenters. The van der Waals surface area contributed by atoms with Crippen molar-refractivity contribution in [2.24, 2.45) is 5.92 Å². The van der Waals surface area contributed by atoms with Crippen LogP contribution in [0.25, 0.3) is 0 Å². The maximum Gasteiger partial charge on any atom is 0.120 e. The molecule has 0 aromatic heterocycles. The molecule has 1 aromatic carbocycles. The Bertz CT molecular complexity index is 310. The van der Waals surface area contributed by atoms with Gasteiger partial charge in [0, 0.05) is 18.3 Å². The normalized spacial score (nSPS) is 10.7. The van der Waals surface area contributed by atoms with Crippen LogP contribution in [0.5, 0.6) is 5.75 Å². The van der Waals surface area contributed by atoms with Crippen LogP contribution >= 0.6 is 0 Å². The number of methoxy groups -OCH3 is 1. The first-order valence-electron chi connectivity index (χ1n) is 5.26. The summed E-state index contributed by atoms with van der Waals surface area (Å²) in [4.78, 5) is 0. The van der Waals surface area contributed by atoms with Gasteiger partial charge in [0.15, 0.2) is 0 Å². The van der Waals surface area contributed by atoms with Gasteiger partial charge in [-0.3, -0.25) is 0 Å². The molecule has 0 radical (unpaired) electrons. The number of hydrogen-bond donors (Lipinski definition) is 2. The molecular weight excluding hydrogens is 188 g/mol. The summed E-state index contributed by atoms with van der Waals surface area (Å²) < 4.78 is 5.09. The van der Waals surface area contributed by atoms with Gasteiger partial charge < -0.3 is 15.8 Å². The first-order valence-corrected chi connectivity index (χ1v) is 5.26. The summed E-state index contributed by atoms with van der Waals surface area (Å²) in [6, 6.07) is 5.79. The summed E-state index contributed by atoms with van der Waals surface area (Å²) >= 11 is 0. The van der Waals surface area contributed by atoms with Gasteiger partial charge >= 0.3 is 0 Å². The van der Waals surface area contributed by atoms with Crippen LogP contribution < -0.4 is 15.8 Å². The highest BCUT2D eigenvalue weighted by Crippen LogP contribution is 2.19. The van der Waals surface area contributed by atoms with Crippen molar-refractivity contribution in [3.8, 4) is 5.75 Å². The van der Waals surface area contributed by atoms with Gasteiger partial charge in [-0.1, -0.05) is 19.9 Å². The zero-order valence-electron chi connectivity index (χ0n) is 9.71. The van der Waals surface area contributed by atoms with Crippen molar-refractivity contribution in [3.05, 3.63) is 23.8 Å². The average molecular weight is 208 g/mol. The third-order valence-electron chi connectivity index (χ3n) is 2.22. The van der Waals surface area contributed by atoms with Crippen molar-refractivity contribution < 1.29 is 4.74 Å². The summed E-state index contributed by atoms with van der Waals surface area (Å²) in [7, 11) is 1.64. The molecule has 3 N–H and O–H groups in total. The third kappa shape index (κ3) is 3.80. The SMILES string of the molecule is COc1ccc(CNCC(C)C)c(N)c1. The van der Waals surface area contributed by atoms with Crippen LogP contribution in [-0.2, 0) is 6.54 Å². The summed E-state index contributed by atoms with van der Waals surface area (Å²) in [6.07, 6.45) is 0.